The third-order valence-electron chi connectivity index (χ3n) is 3.56. The van der Waals surface area contributed by atoms with Crippen LogP contribution in [0.15, 0.2) is 24.3 Å². The molecule has 0 aromatic heterocycles. The van der Waals surface area contributed by atoms with Crippen LogP contribution in [-0.2, 0) is 0 Å². The first kappa shape index (κ1) is 12.4. The van der Waals surface area contributed by atoms with Crippen molar-refractivity contribution in [1.29, 1.82) is 0 Å². The highest BCUT2D eigenvalue weighted by atomic mass is 35.5. The molecular formula is C13H17ClN2O. The monoisotopic (exact) mass is 252 g/mol. The summed E-state index contributed by atoms with van der Waals surface area (Å²) in [5.41, 5.74) is 6.48. The fourth-order valence-electron chi connectivity index (χ4n) is 2.13. The number of amides is 1. The second kappa shape index (κ2) is 5.07. The van der Waals surface area contributed by atoms with E-state index in [1.54, 1.807) is 24.3 Å². The Morgan fingerprint density at radius 3 is 2.76 bits per heavy atom. The Morgan fingerprint density at radius 2 is 2.24 bits per heavy atom. The lowest BCUT2D eigenvalue weighted by Crippen LogP contribution is -2.46. The zero-order valence-corrected chi connectivity index (χ0v) is 10.5. The van der Waals surface area contributed by atoms with Crippen LogP contribution in [0.1, 0.15) is 29.6 Å². The SMILES string of the molecule is NCC1(CNC(=O)c2cccc(Cl)c2)CCC1. The number of hydrogen-bond donors (Lipinski definition) is 2. The van der Waals surface area contributed by atoms with E-state index >= 15 is 0 Å². The van der Waals surface area contributed by atoms with E-state index < -0.39 is 0 Å². The molecule has 4 heteroatoms. The molecule has 0 heterocycles. The zero-order valence-electron chi connectivity index (χ0n) is 9.71. The van der Waals surface area contributed by atoms with Gasteiger partial charge in [-0.1, -0.05) is 24.1 Å². The van der Waals surface area contributed by atoms with Gasteiger partial charge < -0.3 is 11.1 Å². The highest BCUT2D eigenvalue weighted by Crippen LogP contribution is 2.39. The Labute approximate surface area is 106 Å². The minimum absolute atomic E-state index is 0.0766. The molecule has 3 nitrogen and oxygen atoms in total. The van der Waals surface area contributed by atoms with Crippen LogP contribution in [0, 0.1) is 5.41 Å². The van der Waals surface area contributed by atoms with Crippen LogP contribution in [0.25, 0.3) is 0 Å². The Morgan fingerprint density at radius 1 is 1.47 bits per heavy atom. The topological polar surface area (TPSA) is 55.1 Å². The molecule has 0 saturated heterocycles. The molecule has 1 amide bonds. The molecule has 0 aliphatic heterocycles. The van der Waals surface area contributed by atoms with Crippen LogP contribution in [-0.4, -0.2) is 19.0 Å². The van der Waals surface area contributed by atoms with Gasteiger partial charge in [0.15, 0.2) is 0 Å². The molecule has 1 aromatic rings. The maximum Gasteiger partial charge on any atom is 0.251 e. The van der Waals surface area contributed by atoms with Gasteiger partial charge in [-0.15, -0.1) is 0 Å². The second-order valence-corrected chi connectivity index (χ2v) is 5.19. The average Bonchev–Trinajstić information content (AvgIpc) is 2.28. The minimum atomic E-state index is -0.0766. The van der Waals surface area contributed by atoms with Crippen molar-refractivity contribution in [2.75, 3.05) is 13.1 Å². The lowest BCUT2D eigenvalue weighted by atomic mass is 9.69. The number of benzene rings is 1. The summed E-state index contributed by atoms with van der Waals surface area (Å²) >= 11 is 5.84. The van der Waals surface area contributed by atoms with E-state index in [1.807, 2.05) is 0 Å². The summed E-state index contributed by atoms with van der Waals surface area (Å²) in [6.07, 6.45) is 3.43. The molecule has 0 spiro atoms. The molecule has 3 N–H and O–H groups in total. The summed E-state index contributed by atoms with van der Waals surface area (Å²) in [6.45, 7) is 1.30. The predicted octanol–water partition coefficient (Wildman–Crippen LogP) is 2.20. The lowest BCUT2D eigenvalue weighted by molar-refractivity contribution is 0.0876. The predicted molar refractivity (Wildman–Crippen MR) is 69.1 cm³/mol. The van der Waals surface area contributed by atoms with Gasteiger partial charge in [-0.05, 0) is 43.0 Å². The number of carbonyl (C=O) groups excluding carboxylic acids is 1. The van der Waals surface area contributed by atoms with Crippen LogP contribution in [0.4, 0.5) is 0 Å². The normalized spacial score (nSPS) is 17.3. The summed E-state index contributed by atoms with van der Waals surface area (Å²) in [6, 6.07) is 6.97. The molecule has 0 unspecified atom stereocenters. The fraction of sp³-hybridized carbons (Fsp3) is 0.462. The first-order valence-corrected chi connectivity index (χ1v) is 6.27. The van der Waals surface area contributed by atoms with E-state index in [1.165, 1.54) is 6.42 Å². The quantitative estimate of drug-likeness (QED) is 0.863. The maximum absolute atomic E-state index is 11.9. The Bertz CT molecular complexity index is 410. The fourth-order valence-corrected chi connectivity index (χ4v) is 2.32. The van der Waals surface area contributed by atoms with Gasteiger partial charge in [0.25, 0.3) is 5.91 Å². The lowest BCUT2D eigenvalue weighted by Gasteiger charge is -2.41. The molecule has 1 fully saturated rings. The highest BCUT2D eigenvalue weighted by molar-refractivity contribution is 6.30. The van der Waals surface area contributed by atoms with E-state index in [2.05, 4.69) is 5.32 Å². The van der Waals surface area contributed by atoms with Crippen molar-refractivity contribution in [3.05, 3.63) is 34.9 Å². The summed E-state index contributed by atoms with van der Waals surface area (Å²) < 4.78 is 0. The van der Waals surface area contributed by atoms with Crippen molar-refractivity contribution < 1.29 is 4.79 Å². The molecule has 0 atom stereocenters. The highest BCUT2D eigenvalue weighted by Gasteiger charge is 2.35. The number of rotatable bonds is 4. The number of hydrogen-bond acceptors (Lipinski definition) is 2. The van der Waals surface area contributed by atoms with Gasteiger partial charge in [0.05, 0.1) is 0 Å². The molecule has 17 heavy (non-hydrogen) atoms. The number of nitrogens with two attached hydrogens (primary N) is 1. The summed E-state index contributed by atoms with van der Waals surface area (Å²) in [4.78, 5) is 11.9. The maximum atomic E-state index is 11.9. The van der Waals surface area contributed by atoms with Gasteiger partial charge in [-0.2, -0.15) is 0 Å². The minimum Gasteiger partial charge on any atom is -0.351 e. The van der Waals surface area contributed by atoms with Gasteiger partial charge >= 0.3 is 0 Å². The molecule has 2 rings (SSSR count). The smallest absolute Gasteiger partial charge is 0.251 e. The summed E-state index contributed by atoms with van der Waals surface area (Å²) in [5.74, 6) is -0.0766. The molecule has 92 valence electrons. The first-order chi connectivity index (χ1) is 8.15. The third kappa shape index (κ3) is 2.79. The van der Waals surface area contributed by atoms with Crippen molar-refractivity contribution in [2.45, 2.75) is 19.3 Å². The van der Waals surface area contributed by atoms with Crippen molar-refractivity contribution in [3.8, 4) is 0 Å². The first-order valence-electron chi connectivity index (χ1n) is 5.89. The van der Waals surface area contributed by atoms with Gasteiger partial charge in [0, 0.05) is 17.1 Å². The number of halogens is 1. The standard InChI is InChI=1S/C13H17ClN2O/c14-11-4-1-3-10(7-11)12(17)16-9-13(8-15)5-2-6-13/h1,3-4,7H,2,5-6,8-9,15H2,(H,16,17). The van der Waals surface area contributed by atoms with E-state index in [9.17, 15) is 4.79 Å². The van der Waals surface area contributed by atoms with Crippen LogP contribution < -0.4 is 11.1 Å². The summed E-state index contributed by atoms with van der Waals surface area (Å²) in [7, 11) is 0. The van der Waals surface area contributed by atoms with Crippen molar-refractivity contribution in [1.82, 2.24) is 5.32 Å². The number of carbonyl (C=O) groups is 1. The van der Waals surface area contributed by atoms with Crippen LogP contribution in [0.5, 0.6) is 0 Å². The Kier molecular flexibility index (Phi) is 3.69. The average molecular weight is 253 g/mol. The van der Waals surface area contributed by atoms with Crippen molar-refractivity contribution >= 4 is 17.5 Å². The second-order valence-electron chi connectivity index (χ2n) is 4.75. The molecule has 0 radical (unpaired) electrons. The van der Waals surface area contributed by atoms with E-state index in [4.69, 9.17) is 17.3 Å². The van der Waals surface area contributed by atoms with E-state index in [0.29, 0.717) is 23.7 Å². The molecule has 0 bridgehead atoms. The largest absolute Gasteiger partial charge is 0.351 e. The van der Waals surface area contributed by atoms with Crippen LogP contribution in [0.2, 0.25) is 5.02 Å². The van der Waals surface area contributed by atoms with E-state index in [-0.39, 0.29) is 11.3 Å². The van der Waals surface area contributed by atoms with Crippen molar-refractivity contribution in [2.24, 2.45) is 11.1 Å². The van der Waals surface area contributed by atoms with Crippen molar-refractivity contribution in [3.63, 3.8) is 0 Å². The molecular weight excluding hydrogens is 236 g/mol. The molecule has 1 saturated carbocycles. The van der Waals surface area contributed by atoms with Gasteiger partial charge in [0.1, 0.15) is 0 Å². The molecule has 1 aliphatic rings. The van der Waals surface area contributed by atoms with Gasteiger partial charge in [-0.25, -0.2) is 0 Å². The van der Waals surface area contributed by atoms with Crippen LogP contribution in [0.3, 0.4) is 0 Å². The van der Waals surface area contributed by atoms with Gasteiger partial charge in [0.2, 0.25) is 0 Å². The molecule has 1 aliphatic carbocycles. The third-order valence-corrected chi connectivity index (χ3v) is 3.79. The van der Waals surface area contributed by atoms with Crippen LogP contribution >= 0.6 is 11.6 Å². The zero-order chi connectivity index (χ0) is 12.3. The van der Waals surface area contributed by atoms with Gasteiger partial charge in [-0.3, -0.25) is 4.79 Å². The summed E-state index contributed by atoms with van der Waals surface area (Å²) in [5, 5.41) is 3.52. The Balaban J connectivity index is 1.93. The molecule has 1 aromatic carbocycles. The Hall–Kier alpha value is -1.06. The van der Waals surface area contributed by atoms with E-state index in [0.717, 1.165) is 12.8 Å². The number of nitrogens with one attached hydrogen (secondary N) is 1.